The van der Waals surface area contributed by atoms with E-state index in [1.807, 2.05) is 24.3 Å². The second-order valence-electron chi connectivity index (χ2n) is 5.94. The molecule has 26 heavy (non-hydrogen) atoms. The lowest BCUT2D eigenvalue weighted by Crippen LogP contribution is -2.36. The number of nitrogens with zero attached hydrogens (tertiary/aromatic N) is 1. The van der Waals surface area contributed by atoms with E-state index in [9.17, 15) is 9.59 Å². The molecule has 0 spiro atoms. The molecule has 0 aliphatic carbocycles. The fourth-order valence-electron chi connectivity index (χ4n) is 3.04. The lowest BCUT2D eigenvalue weighted by Gasteiger charge is -2.20. The molecule has 0 aromatic heterocycles. The van der Waals surface area contributed by atoms with Gasteiger partial charge in [-0.25, -0.2) is 0 Å². The second-order valence-corrected chi connectivity index (χ2v) is 6.35. The molecule has 0 radical (unpaired) electrons. The molecule has 0 saturated heterocycles. The summed E-state index contributed by atoms with van der Waals surface area (Å²) in [5, 5.41) is 3.17. The number of para-hydroxylation sites is 2. The van der Waals surface area contributed by atoms with Gasteiger partial charge in [0.05, 0.1) is 17.3 Å². The lowest BCUT2D eigenvalue weighted by molar-refractivity contribution is -0.126. The van der Waals surface area contributed by atoms with Gasteiger partial charge in [-0.1, -0.05) is 54.6 Å². The van der Waals surface area contributed by atoms with Gasteiger partial charge in [0.25, 0.3) is 5.91 Å². The van der Waals surface area contributed by atoms with Gasteiger partial charge >= 0.3 is 0 Å². The number of benzene rings is 2. The Hall–Kier alpha value is -2.79. The van der Waals surface area contributed by atoms with Crippen molar-refractivity contribution in [2.75, 3.05) is 11.5 Å². The van der Waals surface area contributed by atoms with Gasteiger partial charge in [0.15, 0.2) is 0 Å². The normalized spacial score (nSPS) is 15.5. The molecule has 1 N–H and O–H groups in total. The quantitative estimate of drug-likeness (QED) is 0.790. The average Bonchev–Trinajstić information content (AvgIpc) is 2.87. The smallest absolute Gasteiger partial charge is 0.254 e. The Balaban J connectivity index is 1.98. The molecule has 0 fully saturated rings. The van der Waals surface area contributed by atoms with E-state index in [2.05, 4.69) is 11.9 Å². The van der Waals surface area contributed by atoms with E-state index in [1.54, 1.807) is 29.2 Å². The summed E-state index contributed by atoms with van der Waals surface area (Å²) in [6.45, 7) is 5.70. The summed E-state index contributed by atoms with van der Waals surface area (Å²) in [5.41, 5.74) is 2.16. The number of halogens is 1. The zero-order valence-electron chi connectivity index (χ0n) is 14.4. The fraction of sp³-hybridized carbons (Fsp3) is 0.200. The van der Waals surface area contributed by atoms with E-state index in [-0.39, 0.29) is 11.8 Å². The zero-order chi connectivity index (χ0) is 18.7. The summed E-state index contributed by atoms with van der Waals surface area (Å²) in [4.78, 5) is 26.1. The van der Waals surface area contributed by atoms with Crippen LogP contribution in [0.5, 0.6) is 5.75 Å². The summed E-state index contributed by atoms with van der Waals surface area (Å²) in [6, 6.07) is 12.1. The summed E-state index contributed by atoms with van der Waals surface area (Å²) in [5.74, 6) is 0.185. The predicted octanol–water partition coefficient (Wildman–Crippen LogP) is 3.63. The number of fused-ring (bicyclic) bond motifs is 1. The number of ether oxygens (including phenoxy) is 1. The average molecular weight is 371 g/mol. The van der Waals surface area contributed by atoms with Crippen molar-refractivity contribution in [3.63, 3.8) is 0 Å². The van der Waals surface area contributed by atoms with Gasteiger partial charge in [0.1, 0.15) is 18.4 Å². The SMILES string of the molecule is C=CCOc1ccccc1CN1C(=O)[C@H](NC(C)=O)c2cccc(Cl)c21. The third kappa shape index (κ3) is 3.44. The number of nitrogens with one attached hydrogen (secondary N) is 1. The summed E-state index contributed by atoms with van der Waals surface area (Å²) in [6.07, 6.45) is 1.66. The number of hydrogen-bond acceptors (Lipinski definition) is 3. The number of hydrogen-bond donors (Lipinski definition) is 1. The van der Waals surface area contributed by atoms with E-state index in [1.165, 1.54) is 6.92 Å². The molecule has 1 aliphatic rings. The van der Waals surface area contributed by atoms with Crippen molar-refractivity contribution >= 4 is 29.1 Å². The first kappa shape index (κ1) is 18.0. The van der Waals surface area contributed by atoms with Crippen LogP contribution in [-0.2, 0) is 16.1 Å². The standard InChI is InChI=1S/C20H19ClN2O3/c1-3-11-26-17-10-5-4-7-14(17)12-23-19-15(8-6-9-16(19)21)18(20(23)25)22-13(2)24/h3-10,18H,1,11-12H2,2H3,(H,22,24)/t18-/m1/s1. The van der Waals surface area contributed by atoms with Crippen molar-refractivity contribution in [1.29, 1.82) is 0 Å². The third-order valence-electron chi connectivity index (χ3n) is 4.12. The topological polar surface area (TPSA) is 58.6 Å². The summed E-state index contributed by atoms with van der Waals surface area (Å²) < 4.78 is 5.68. The predicted molar refractivity (Wildman–Crippen MR) is 101 cm³/mol. The fourth-order valence-corrected chi connectivity index (χ4v) is 3.33. The Morgan fingerprint density at radius 1 is 1.31 bits per heavy atom. The maximum absolute atomic E-state index is 13.0. The molecule has 0 bridgehead atoms. The van der Waals surface area contributed by atoms with Crippen LogP contribution in [0.4, 0.5) is 5.69 Å². The number of rotatable bonds is 6. The largest absolute Gasteiger partial charge is 0.489 e. The van der Waals surface area contributed by atoms with Crippen molar-refractivity contribution < 1.29 is 14.3 Å². The van der Waals surface area contributed by atoms with Gasteiger partial charge in [-0.3, -0.25) is 9.59 Å². The Bertz CT molecular complexity index is 866. The van der Waals surface area contributed by atoms with E-state index >= 15 is 0 Å². The number of anilines is 1. The van der Waals surface area contributed by atoms with Crippen LogP contribution in [0.15, 0.2) is 55.1 Å². The molecule has 0 saturated carbocycles. The van der Waals surface area contributed by atoms with Crippen molar-refractivity contribution in [2.24, 2.45) is 0 Å². The van der Waals surface area contributed by atoms with Gasteiger partial charge in [-0.2, -0.15) is 0 Å². The molecule has 1 heterocycles. The Morgan fingerprint density at radius 2 is 2.08 bits per heavy atom. The molecule has 3 rings (SSSR count). The first-order valence-corrected chi connectivity index (χ1v) is 8.59. The minimum atomic E-state index is -0.734. The molecule has 1 aliphatic heterocycles. The van der Waals surface area contributed by atoms with Crippen molar-refractivity contribution in [1.82, 2.24) is 5.32 Å². The highest BCUT2D eigenvalue weighted by molar-refractivity contribution is 6.34. The Labute approximate surface area is 157 Å². The molecule has 2 amide bonds. The maximum atomic E-state index is 13.0. The first-order chi connectivity index (χ1) is 12.5. The molecule has 1 atom stereocenters. The van der Waals surface area contributed by atoms with Crippen LogP contribution < -0.4 is 15.0 Å². The molecule has 6 heteroatoms. The minimum Gasteiger partial charge on any atom is -0.489 e. The molecule has 5 nitrogen and oxygen atoms in total. The summed E-state index contributed by atoms with van der Waals surface area (Å²) in [7, 11) is 0. The van der Waals surface area contributed by atoms with E-state index in [4.69, 9.17) is 16.3 Å². The van der Waals surface area contributed by atoms with Crippen LogP contribution in [-0.4, -0.2) is 18.4 Å². The van der Waals surface area contributed by atoms with Crippen LogP contribution in [0.3, 0.4) is 0 Å². The third-order valence-corrected chi connectivity index (χ3v) is 4.42. The van der Waals surface area contributed by atoms with Crippen LogP contribution >= 0.6 is 11.6 Å². The van der Waals surface area contributed by atoms with Crippen molar-refractivity contribution in [3.05, 3.63) is 71.3 Å². The van der Waals surface area contributed by atoms with Gasteiger partial charge in [-0.15, -0.1) is 0 Å². The van der Waals surface area contributed by atoms with Gasteiger partial charge in [0.2, 0.25) is 5.91 Å². The number of carbonyl (C=O) groups is 2. The first-order valence-electron chi connectivity index (χ1n) is 8.21. The van der Waals surface area contributed by atoms with Gasteiger partial charge in [0, 0.05) is 18.1 Å². The zero-order valence-corrected chi connectivity index (χ0v) is 15.1. The highest BCUT2D eigenvalue weighted by Gasteiger charge is 2.39. The minimum absolute atomic E-state index is 0.221. The maximum Gasteiger partial charge on any atom is 0.254 e. The summed E-state index contributed by atoms with van der Waals surface area (Å²) >= 11 is 6.37. The molecule has 134 valence electrons. The molecular formula is C20H19ClN2O3. The van der Waals surface area contributed by atoms with E-state index in [0.29, 0.717) is 35.2 Å². The van der Waals surface area contributed by atoms with E-state index < -0.39 is 6.04 Å². The van der Waals surface area contributed by atoms with Crippen molar-refractivity contribution in [3.8, 4) is 5.75 Å². The molecule has 0 unspecified atom stereocenters. The second kappa shape index (κ2) is 7.62. The highest BCUT2D eigenvalue weighted by Crippen LogP contribution is 2.42. The van der Waals surface area contributed by atoms with Crippen molar-refractivity contribution in [2.45, 2.75) is 19.5 Å². The monoisotopic (exact) mass is 370 g/mol. The lowest BCUT2D eigenvalue weighted by atomic mass is 10.1. The molecular weight excluding hydrogens is 352 g/mol. The Kier molecular flexibility index (Phi) is 5.28. The van der Waals surface area contributed by atoms with Gasteiger partial charge in [-0.05, 0) is 12.1 Å². The van der Waals surface area contributed by atoms with Gasteiger partial charge < -0.3 is 15.0 Å². The van der Waals surface area contributed by atoms with Crippen LogP contribution in [0.2, 0.25) is 5.02 Å². The molecule has 2 aromatic carbocycles. The van der Waals surface area contributed by atoms with Crippen LogP contribution in [0.25, 0.3) is 0 Å². The number of amides is 2. The number of carbonyl (C=O) groups excluding carboxylic acids is 2. The van der Waals surface area contributed by atoms with E-state index in [0.717, 1.165) is 5.56 Å². The van der Waals surface area contributed by atoms with Crippen LogP contribution in [0, 0.1) is 0 Å². The highest BCUT2D eigenvalue weighted by atomic mass is 35.5. The molecule has 2 aromatic rings. The van der Waals surface area contributed by atoms with Crippen LogP contribution in [0.1, 0.15) is 24.1 Å². The Morgan fingerprint density at radius 3 is 2.81 bits per heavy atom.